The van der Waals surface area contributed by atoms with E-state index in [1.165, 1.54) is 25.5 Å². The molecule has 19 heavy (non-hydrogen) atoms. The van der Waals surface area contributed by atoms with Gasteiger partial charge in [-0.25, -0.2) is 8.42 Å². The van der Waals surface area contributed by atoms with Gasteiger partial charge in [0.15, 0.2) is 9.84 Å². The van der Waals surface area contributed by atoms with Crippen LogP contribution in [0.15, 0.2) is 52.0 Å². The Kier molecular flexibility index (Phi) is 3.92. The molecule has 2 N–H and O–H groups in total. The van der Waals surface area contributed by atoms with Crippen molar-refractivity contribution in [3.63, 3.8) is 0 Å². The molecule has 0 fully saturated rings. The Morgan fingerprint density at radius 1 is 1.26 bits per heavy atom. The highest BCUT2D eigenvalue weighted by Gasteiger charge is 2.30. The molecular formula is C13H15NO4S. The molecule has 0 bridgehead atoms. The molecular weight excluding hydrogens is 266 g/mol. The van der Waals surface area contributed by atoms with Crippen molar-refractivity contribution < 1.29 is 17.6 Å². The van der Waals surface area contributed by atoms with Crippen molar-refractivity contribution in [1.29, 1.82) is 0 Å². The average molecular weight is 281 g/mol. The highest BCUT2D eigenvalue weighted by Crippen LogP contribution is 2.29. The van der Waals surface area contributed by atoms with Crippen molar-refractivity contribution in [2.24, 2.45) is 5.73 Å². The number of hydrogen-bond acceptors (Lipinski definition) is 5. The average Bonchev–Trinajstić information content (AvgIpc) is 2.93. The van der Waals surface area contributed by atoms with Crippen LogP contribution in [0.25, 0.3) is 0 Å². The number of methoxy groups -OCH3 is 1. The van der Waals surface area contributed by atoms with Crippen LogP contribution in [0, 0.1) is 0 Å². The van der Waals surface area contributed by atoms with Gasteiger partial charge in [0.1, 0.15) is 16.8 Å². The van der Waals surface area contributed by atoms with E-state index in [-0.39, 0.29) is 11.4 Å². The van der Waals surface area contributed by atoms with Gasteiger partial charge >= 0.3 is 0 Å². The normalized spacial score (nSPS) is 13.2. The Bertz CT molecular complexity index is 617. The molecule has 0 saturated carbocycles. The quantitative estimate of drug-likeness (QED) is 0.903. The highest BCUT2D eigenvalue weighted by molar-refractivity contribution is 7.91. The molecule has 0 aliphatic rings. The zero-order valence-corrected chi connectivity index (χ0v) is 11.3. The van der Waals surface area contributed by atoms with Crippen LogP contribution in [-0.4, -0.2) is 22.1 Å². The van der Waals surface area contributed by atoms with E-state index in [1.807, 2.05) is 0 Å². The van der Waals surface area contributed by atoms with E-state index in [4.69, 9.17) is 14.9 Å². The third kappa shape index (κ3) is 2.64. The lowest BCUT2D eigenvalue weighted by atomic mass is 10.3. The summed E-state index contributed by atoms with van der Waals surface area (Å²) in [5.41, 5.74) is 5.58. The van der Waals surface area contributed by atoms with E-state index >= 15 is 0 Å². The van der Waals surface area contributed by atoms with Gasteiger partial charge in [0.05, 0.1) is 18.3 Å². The number of sulfone groups is 1. The number of nitrogens with two attached hydrogens (primary N) is 1. The Hall–Kier alpha value is -1.79. The van der Waals surface area contributed by atoms with Crippen LogP contribution < -0.4 is 10.5 Å². The second kappa shape index (κ2) is 5.46. The number of furan rings is 1. The predicted molar refractivity (Wildman–Crippen MR) is 70.7 cm³/mol. The minimum Gasteiger partial charge on any atom is -0.497 e. The first kappa shape index (κ1) is 13.6. The molecule has 6 heteroatoms. The maximum atomic E-state index is 12.5. The van der Waals surface area contributed by atoms with E-state index in [2.05, 4.69) is 0 Å². The van der Waals surface area contributed by atoms with Crippen LogP contribution >= 0.6 is 0 Å². The molecule has 1 aromatic heterocycles. The maximum Gasteiger partial charge on any atom is 0.189 e. The molecule has 2 rings (SSSR count). The zero-order valence-electron chi connectivity index (χ0n) is 10.4. The molecule has 0 aliphatic carbocycles. The van der Waals surface area contributed by atoms with Crippen molar-refractivity contribution in [3.8, 4) is 5.75 Å². The summed E-state index contributed by atoms with van der Waals surface area (Å²) in [6, 6.07) is 9.45. The van der Waals surface area contributed by atoms with E-state index in [1.54, 1.807) is 24.3 Å². The van der Waals surface area contributed by atoms with Gasteiger partial charge in [-0.3, -0.25) is 0 Å². The molecule has 0 unspecified atom stereocenters. The molecule has 0 radical (unpaired) electrons. The second-order valence-corrected chi connectivity index (χ2v) is 6.09. The molecule has 5 nitrogen and oxygen atoms in total. The largest absolute Gasteiger partial charge is 0.497 e. The molecule has 102 valence electrons. The van der Waals surface area contributed by atoms with E-state index in [0.717, 1.165) is 0 Å². The molecule has 0 saturated heterocycles. The lowest BCUT2D eigenvalue weighted by Crippen LogP contribution is -2.21. The molecule has 1 heterocycles. The van der Waals surface area contributed by atoms with Gasteiger partial charge in [-0.1, -0.05) is 0 Å². The van der Waals surface area contributed by atoms with Gasteiger partial charge in [-0.05, 0) is 36.4 Å². The standard InChI is InChI=1S/C13H15NO4S/c1-17-10-4-6-11(7-5-10)19(15,16)13(9-14)12-3-2-8-18-12/h2-8,13H,9,14H2,1H3/t13-/m1/s1. The minimum atomic E-state index is -3.57. The number of benzene rings is 1. The van der Waals surface area contributed by atoms with Gasteiger partial charge < -0.3 is 14.9 Å². The third-order valence-corrected chi connectivity index (χ3v) is 4.94. The van der Waals surface area contributed by atoms with E-state index in [9.17, 15) is 8.42 Å². The molecule has 2 aromatic rings. The molecule has 1 atom stereocenters. The summed E-state index contributed by atoms with van der Waals surface area (Å²) in [6.45, 7) is -0.0398. The van der Waals surface area contributed by atoms with Gasteiger partial charge in [0, 0.05) is 6.54 Å². The monoisotopic (exact) mass is 281 g/mol. The summed E-state index contributed by atoms with van der Waals surface area (Å²) in [5.74, 6) is 0.944. The number of rotatable bonds is 5. The fourth-order valence-electron chi connectivity index (χ4n) is 1.80. The minimum absolute atomic E-state index is 0.0398. The van der Waals surface area contributed by atoms with Crippen LogP contribution in [0.4, 0.5) is 0 Å². The first-order chi connectivity index (χ1) is 9.09. The fraction of sp³-hybridized carbons (Fsp3) is 0.231. The molecule has 0 spiro atoms. The van der Waals surface area contributed by atoms with Crippen molar-refractivity contribution in [2.45, 2.75) is 10.1 Å². The number of hydrogen-bond donors (Lipinski definition) is 1. The molecule has 1 aromatic carbocycles. The van der Waals surface area contributed by atoms with E-state index < -0.39 is 15.1 Å². The summed E-state index contributed by atoms with van der Waals surface area (Å²) in [5, 5.41) is -0.879. The first-order valence-corrected chi connectivity index (χ1v) is 7.25. The predicted octanol–water partition coefficient (Wildman–Crippen LogP) is 1.76. The summed E-state index contributed by atoms with van der Waals surface area (Å²) in [6.07, 6.45) is 1.43. The van der Waals surface area contributed by atoms with Crippen LogP contribution in [-0.2, 0) is 9.84 Å². The maximum absolute atomic E-state index is 12.5. The topological polar surface area (TPSA) is 82.5 Å². The van der Waals surface area contributed by atoms with Gasteiger partial charge in [0.25, 0.3) is 0 Å². The SMILES string of the molecule is COc1ccc(S(=O)(=O)[C@H](CN)c2ccco2)cc1. The van der Waals surface area contributed by atoms with Crippen LogP contribution in [0.5, 0.6) is 5.75 Å². The Morgan fingerprint density at radius 2 is 1.95 bits per heavy atom. The van der Waals surface area contributed by atoms with Gasteiger partial charge in [-0.15, -0.1) is 0 Å². The third-order valence-electron chi connectivity index (χ3n) is 2.84. The smallest absolute Gasteiger partial charge is 0.189 e. The Labute approximate surface area is 111 Å². The fourth-order valence-corrected chi connectivity index (χ4v) is 3.34. The molecule has 0 amide bonds. The van der Waals surface area contributed by atoms with Crippen molar-refractivity contribution in [2.75, 3.05) is 13.7 Å². The van der Waals surface area contributed by atoms with Crippen molar-refractivity contribution >= 4 is 9.84 Å². The van der Waals surface area contributed by atoms with Crippen molar-refractivity contribution in [3.05, 3.63) is 48.4 Å². The lowest BCUT2D eigenvalue weighted by molar-refractivity contribution is 0.414. The summed E-state index contributed by atoms with van der Waals surface area (Å²) >= 11 is 0. The first-order valence-electron chi connectivity index (χ1n) is 5.71. The Balaban J connectivity index is 2.39. The second-order valence-electron chi connectivity index (χ2n) is 3.96. The number of ether oxygens (including phenoxy) is 1. The zero-order chi connectivity index (χ0) is 13.9. The van der Waals surface area contributed by atoms with Crippen LogP contribution in [0.1, 0.15) is 11.0 Å². The lowest BCUT2D eigenvalue weighted by Gasteiger charge is -2.13. The van der Waals surface area contributed by atoms with E-state index in [0.29, 0.717) is 11.5 Å². The van der Waals surface area contributed by atoms with Gasteiger partial charge in [0.2, 0.25) is 0 Å². The summed E-state index contributed by atoms with van der Waals surface area (Å²) < 4.78 is 35.1. The summed E-state index contributed by atoms with van der Waals surface area (Å²) in [4.78, 5) is 0.195. The van der Waals surface area contributed by atoms with Crippen LogP contribution in [0.2, 0.25) is 0 Å². The van der Waals surface area contributed by atoms with Crippen LogP contribution in [0.3, 0.4) is 0 Å². The van der Waals surface area contributed by atoms with Gasteiger partial charge in [-0.2, -0.15) is 0 Å². The summed E-state index contributed by atoms with van der Waals surface area (Å²) in [7, 11) is -2.05. The highest BCUT2D eigenvalue weighted by atomic mass is 32.2. The van der Waals surface area contributed by atoms with Crippen molar-refractivity contribution in [1.82, 2.24) is 0 Å². The Morgan fingerprint density at radius 3 is 2.42 bits per heavy atom. The molecule has 0 aliphatic heterocycles.